The first-order chi connectivity index (χ1) is 8.25. The second-order valence-electron chi connectivity index (χ2n) is 5.17. The van der Waals surface area contributed by atoms with Gasteiger partial charge >= 0.3 is 5.97 Å². The number of fused-ring (bicyclic) bond motifs is 2. The third-order valence-electron chi connectivity index (χ3n) is 4.18. The molecule has 98 valence electrons. The summed E-state index contributed by atoms with van der Waals surface area (Å²) < 4.78 is 0. The van der Waals surface area contributed by atoms with Crippen LogP contribution in [0.25, 0.3) is 0 Å². The Balaban J connectivity index is 0.00000120. The van der Waals surface area contributed by atoms with Crippen LogP contribution in [0.2, 0.25) is 0 Å². The molecule has 0 unspecified atom stereocenters. The number of rotatable bonds is 3. The van der Waals surface area contributed by atoms with Crippen LogP contribution in [0.4, 0.5) is 0 Å². The van der Waals surface area contributed by atoms with Crippen LogP contribution >= 0.6 is 12.4 Å². The van der Waals surface area contributed by atoms with E-state index in [4.69, 9.17) is 0 Å². The number of nitrogens with zero attached hydrogens (tertiary/aromatic N) is 1. The van der Waals surface area contributed by atoms with Crippen LogP contribution in [0, 0.1) is 5.92 Å². The predicted octanol–water partition coefficient (Wildman–Crippen LogP) is 2.55. The lowest BCUT2D eigenvalue weighted by atomic mass is 9.98. The topological polar surface area (TPSA) is 40.5 Å². The number of aliphatic carboxylic acids is 1. The van der Waals surface area contributed by atoms with Gasteiger partial charge in [-0.15, -0.1) is 12.4 Å². The lowest BCUT2D eigenvalue weighted by Gasteiger charge is -2.32. The lowest BCUT2D eigenvalue weighted by Crippen LogP contribution is -2.45. The summed E-state index contributed by atoms with van der Waals surface area (Å²) in [4.78, 5) is 13.5. The van der Waals surface area contributed by atoms with E-state index in [1.807, 2.05) is 18.2 Å². The number of carboxylic acids is 1. The summed E-state index contributed by atoms with van der Waals surface area (Å²) in [6.45, 7) is 0.777. The summed E-state index contributed by atoms with van der Waals surface area (Å²) in [6, 6.07) is 10.4. The van der Waals surface area contributed by atoms with Crippen molar-refractivity contribution in [1.82, 2.24) is 4.90 Å². The molecule has 1 aromatic carbocycles. The number of likely N-dealkylation sites (tertiary alicyclic amines) is 1. The van der Waals surface area contributed by atoms with E-state index in [0.29, 0.717) is 12.0 Å². The summed E-state index contributed by atoms with van der Waals surface area (Å²) in [5.74, 6) is -0.269. The van der Waals surface area contributed by atoms with E-state index in [0.717, 1.165) is 19.4 Å². The van der Waals surface area contributed by atoms with Gasteiger partial charge in [-0.05, 0) is 30.7 Å². The van der Waals surface area contributed by atoms with E-state index in [-0.39, 0.29) is 18.4 Å². The van der Waals surface area contributed by atoms with Crippen LogP contribution in [0.1, 0.15) is 24.8 Å². The lowest BCUT2D eigenvalue weighted by molar-refractivity contribution is -0.145. The predicted molar refractivity (Wildman–Crippen MR) is 71.8 cm³/mol. The Bertz CT molecular complexity index is 423. The highest BCUT2D eigenvalue weighted by Crippen LogP contribution is 2.43. The van der Waals surface area contributed by atoms with Crippen molar-refractivity contribution in [2.24, 2.45) is 5.92 Å². The first-order valence-electron chi connectivity index (χ1n) is 6.28. The summed E-state index contributed by atoms with van der Waals surface area (Å²) in [5, 5.41) is 9.34. The zero-order chi connectivity index (χ0) is 11.8. The number of halogens is 1. The van der Waals surface area contributed by atoms with Crippen LogP contribution in [-0.4, -0.2) is 28.1 Å². The van der Waals surface area contributed by atoms with Gasteiger partial charge in [-0.2, -0.15) is 0 Å². The van der Waals surface area contributed by atoms with Crippen molar-refractivity contribution in [3.8, 4) is 0 Å². The molecule has 3 rings (SSSR count). The van der Waals surface area contributed by atoms with Crippen LogP contribution in [0.15, 0.2) is 30.3 Å². The molecule has 4 heteroatoms. The maximum atomic E-state index is 11.4. The van der Waals surface area contributed by atoms with Crippen molar-refractivity contribution in [2.75, 3.05) is 0 Å². The van der Waals surface area contributed by atoms with Crippen molar-refractivity contribution >= 4 is 18.4 Å². The molecule has 18 heavy (non-hydrogen) atoms. The molecule has 1 N–H and O–H groups in total. The number of carboxylic acid groups (broad SMARTS) is 1. The quantitative estimate of drug-likeness (QED) is 0.915. The van der Waals surface area contributed by atoms with Gasteiger partial charge in [0.25, 0.3) is 0 Å². The summed E-state index contributed by atoms with van der Waals surface area (Å²) in [5.41, 5.74) is 1.21. The van der Waals surface area contributed by atoms with Crippen molar-refractivity contribution in [3.05, 3.63) is 35.9 Å². The number of carbonyl (C=O) groups is 1. The van der Waals surface area contributed by atoms with Crippen molar-refractivity contribution in [3.63, 3.8) is 0 Å². The largest absolute Gasteiger partial charge is 0.480 e. The molecule has 2 aliphatic rings. The maximum Gasteiger partial charge on any atom is 0.321 e. The Kier molecular flexibility index (Phi) is 3.93. The van der Waals surface area contributed by atoms with Crippen LogP contribution < -0.4 is 0 Å². The summed E-state index contributed by atoms with van der Waals surface area (Å²) >= 11 is 0. The van der Waals surface area contributed by atoms with Crippen molar-refractivity contribution in [2.45, 2.75) is 37.9 Å². The van der Waals surface area contributed by atoms with E-state index in [9.17, 15) is 9.90 Å². The maximum absolute atomic E-state index is 11.4. The van der Waals surface area contributed by atoms with Crippen LogP contribution in [-0.2, 0) is 11.3 Å². The standard InChI is InChI=1S/C14H17NO2.ClH/c16-14(17)13-11-6-7-12(8-11)15(13)9-10-4-2-1-3-5-10;/h1-5,11-13H,6-9H2,(H,16,17);1H/t11-,12+,13+;/m1./s1. The average molecular weight is 268 g/mol. The SMILES string of the molecule is Cl.O=C(O)[C@@H]1[C@@H]2CC[C@@H](C2)N1Cc1ccccc1. The van der Waals surface area contributed by atoms with Gasteiger partial charge in [0, 0.05) is 12.6 Å². The van der Waals surface area contributed by atoms with Gasteiger partial charge in [0.1, 0.15) is 6.04 Å². The van der Waals surface area contributed by atoms with Gasteiger partial charge in [-0.1, -0.05) is 30.3 Å². The van der Waals surface area contributed by atoms with Gasteiger partial charge < -0.3 is 5.11 Å². The Labute approximate surface area is 113 Å². The Morgan fingerprint density at radius 1 is 1.28 bits per heavy atom. The molecular weight excluding hydrogens is 250 g/mol. The van der Waals surface area contributed by atoms with Gasteiger partial charge in [0.05, 0.1) is 0 Å². The fourth-order valence-corrected chi connectivity index (χ4v) is 3.44. The molecule has 0 spiro atoms. The van der Waals surface area contributed by atoms with Crippen molar-refractivity contribution < 1.29 is 9.90 Å². The molecule has 0 aromatic heterocycles. The van der Waals surface area contributed by atoms with Gasteiger partial charge in [0.15, 0.2) is 0 Å². The smallest absolute Gasteiger partial charge is 0.321 e. The second kappa shape index (κ2) is 5.29. The zero-order valence-corrected chi connectivity index (χ0v) is 11.0. The van der Waals surface area contributed by atoms with E-state index in [1.54, 1.807) is 0 Å². The molecule has 2 bridgehead atoms. The minimum Gasteiger partial charge on any atom is -0.480 e. The molecule has 1 saturated heterocycles. The Hall–Kier alpha value is -1.06. The summed E-state index contributed by atoms with van der Waals surface area (Å²) in [6.07, 6.45) is 3.33. The fourth-order valence-electron chi connectivity index (χ4n) is 3.44. The summed E-state index contributed by atoms with van der Waals surface area (Å²) in [7, 11) is 0. The first-order valence-corrected chi connectivity index (χ1v) is 6.28. The monoisotopic (exact) mass is 267 g/mol. The molecule has 1 saturated carbocycles. The highest BCUT2D eigenvalue weighted by atomic mass is 35.5. The highest BCUT2D eigenvalue weighted by Gasteiger charge is 2.48. The van der Waals surface area contributed by atoms with E-state index in [2.05, 4.69) is 17.0 Å². The Morgan fingerprint density at radius 2 is 2.00 bits per heavy atom. The molecule has 1 aliphatic carbocycles. The van der Waals surface area contributed by atoms with Crippen molar-refractivity contribution in [1.29, 1.82) is 0 Å². The molecule has 3 nitrogen and oxygen atoms in total. The Morgan fingerprint density at radius 3 is 2.67 bits per heavy atom. The molecular formula is C14H18ClNO2. The number of hydrogen-bond acceptors (Lipinski definition) is 2. The molecule has 1 aromatic rings. The molecule has 0 radical (unpaired) electrons. The minimum absolute atomic E-state index is 0. The number of hydrogen-bond donors (Lipinski definition) is 1. The number of benzene rings is 1. The zero-order valence-electron chi connectivity index (χ0n) is 10.2. The molecule has 2 fully saturated rings. The van der Waals surface area contributed by atoms with Gasteiger partial charge in [-0.3, -0.25) is 9.69 Å². The highest BCUT2D eigenvalue weighted by molar-refractivity contribution is 5.85. The molecule has 0 amide bonds. The van der Waals surface area contributed by atoms with E-state index in [1.165, 1.54) is 12.0 Å². The van der Waals surface area contributed by atoms with E-state index >= 15 is 0 Å². The second-order valence-corrected chi connectivity index (χ2v) is 5.17. The average Bonchev–Trinajstić information content (AvgIpc) is 2.90. The molecule has 1 aliphatic heterocycles. The van der Waals surface area contributed by atoms with E-state index < -0.39 is 5.97 Å². The van der Waals surface area contributed by atoms with Crippen LogP contribution in [0.3, 0.4) is 0 Å². The number of piperidine rings is 1. The third kappa shape index (κ3) is 2.25. The van der Waals surface area contributed by atoms with Gasteiger partial charge in [-0.25, -0.2) is 0 Å². The normalized spacial score (nSPS) is 30.1. The van der Waals surface area contributed by atoms with Gasteiger partial charge in [0.2, 0.25) is 0 Å². The molecule has 3 atom stereocenters. The molecule has 1 heterocycles. The first kappa shape index (κ1) is 13.4. The third-order valence-corrected chi connectivity index (χ3v) is 4.18. The minimum atomic E-state index is -0.645. The van der Waals surface area contributed by atoms with Crippen LogP contribution in [0.5, 0.6) is 0 Å². The fraction of sp³-hybridized carbons (Fsp3) is 0.500.